The predicted octanol–water partition coefficient (Wildman–Crippen LogP) is 5.06. The van der Waals surface area contributed by atoms with E-state index in [1.165, 1.54) is 23.1 Å². The normalized spacial score (nSPS) is 18.8. The van der Waals surface area contributed by atoms with Gasteiger partial charge in [0, 0.05) is 61.5 Å². The van der Waals surface area contributed by atoms with Crippen LogP contribution in [0.15, 0.2) is 54.6 Å². The van der Waals surface area contributed by atoms with Gasteiger partial charge in [-0.05, 0) is 42.3 Å². The molecule has 1 atom stereocenters. The highest BCUT2D eigenvalue weighted by Gasteiger charge is 2.40. The molecular weight excluding hydrogens is 606 g/mol. The Hall–Kier alpha value is -4.96. The third-order valence-corrected chi connectivity index (χ3v) is 8.59. The number of hydrogen-bond acceptors (Lipinski definition) is 6. The maximum absolute atomic E-state index is 15.1. The third-order valence-electron chi connectivity index (χ3n) is 8.59. The van der Waals surface area contributed by atoms with Gasteiger partial charge in [0.2, 0.25) is 11.8 Å². The number of fused-ring (bicyclic) bond motifs is 1. The summed E-state index contributed by atoms with van der Waals surface area (Å²) in [5, 5.41) is 2.28. The fourth-order valence-corrected chi connectivity index (χ4v) is 6.12. The molecule has 2 saturated heterocycles. The molecule has 46 heavy (non-hydrogen) atoms. The lowest BCUT2D eigenvalue weighted by atomic mass is 10.0. The number of alkyl halides is 3. The van der Waals surface area contributed by atoms with Gasteiger partial charge in [-0.3, -0.25) is 24.6 Å². The van der Waals surface area contributed by atoms with E-state index in [4.69, 9.17) is 11.3 Å². The monoisotopic (exact) mass is 635 g/mol. The summed E-state index contributed by atoms with van der Waals surface area (Å²) >= 11 is 0. The van der Waals surface area contributed by atoms with Crippen molar-refractivity contribution in [3.05, 3.63) is 99.6 Å². The zero-order valence-corrected chi connectivity index (χ0v) is 24.6. The molecule has 0 radical (unpaired) electrons. The van der Waals surface area contributed by atoms with Crippen molar-refractivity contribution in [1.82, 2.24) is 15.1 Å². The summed E-state index contributed by atoms with van der Waals surface area (Å²) in [6.07, 6.45) is -4.22. The summed E-state index contributed by atoms with van der Waals surface area (Å²) in [6, 6.07) is 12.9. The first-order valence-corrected chi connectivity index (χ1v) is 14.7. The molecule has 3 aliphatic rings. The Kier molecular flexibility index (Phi) is 8.39. The van der Waals surface area contributed by atoms with Gasteiger partial charge in [0.1, 0.15) is 24.2 Å². The Bertz CT molecular complexity index is 1750. The van der Waals surface area contributed by atoms with E-state index in [2.05, 4.69) is 15.1 Å². The van der Waals surface area contributed by atoms with Gasteiger partial charge >= 0.3 is 6.18 Å². The van der Waals surface area contributed by atoms with Gasteiger partial charge in [-0.2, -0.15) is 13.2 Å². The zero-order valence-electron chi connectivity index (χ0n) is 24.6. The van der Waals surface area contributed by atoms with Crippen molar-refractivity contribution >= 4 is 29.1 Å². The minimum absolute atomic E-state index is 0.0833. The molecule has 3 aromatic carbocycles. The van der Waals surface area contributed by atoms with Crippen LogP contribution in [0.4, 0.5) is 28.9 Å². The Labute approximate surface area is 262 Å². The average molecular weight is 636 g/mol. The summed E-state index contributed by atoms with van der Waals surface area (Å²) in [5.74, 6) is -1.24. The number of anilines is 1. The van der Waals surface area contributed by atoms with E-state index >= 15 is 4.39 Å². The Balaban J connectivity index is 1.05. The van der Waals surface area contributed by atoms with Crippen molar-refractivity contribution in [2.75, 3.05) is 31.1 Å². The maximum atomic E-state index is 15.1. The molecule has 2 fully saturated rings. The smallest absolute Gasteiger partial charge is 0.407 e. The lowest BCUT2D eigenvalue weighted by Gasteiger charge is -2.36. The molecular formula is C33H29F4N5O4. The largest absolute Gasteiger partial charge is 0.488 e. The molecule has 3 aliphatic heterocycles. The number of rotatable bonds is 7. The van der Waals surface area contributed by atoms with Gasteiger partial charge in [-0.25, -0.2) is 9.24 Å². The molecule has 0 unspecified atom stereocenters. The van der Waals surface area contributed by atoms with Crippen LogP contribution in [0, 0.1) is 12.4 Å². The number of piperazine rings is 1. The number of ether oxygens (including phenoxy) is 1. The summed E-state index contributed by atoms with van der Waals surface area (Å²) in [6.45, 7) is 9.62. The lowest BCUT2D eigenvalue weighted by molar-refractivity contribution is -0.138. The van der Waals surface area contributed by atoms with Crippen LogP contribution in [0.3, 0.4) is 0 Å². The van der Waals surface area contributed by atoms with Crippen molar-refractivity contribution in [2.45, 2.75) is 44.8 Å². The number of piperidine rings is 1. The van der Waals surface area contributed by atoms with Crippen LogP contribution >= 0.6 is 0 Å². The molecule has 3 heterocycles. The molecule has 3 aromatic rings. The number of nitrogens with zero attached hydrogens (tertiary/aromatic N) is 4. The number of halogens is 4. The second-order valence-electron chi connectivity index (χ2n) is 11.5. The summed E-state index contributed by atoms with van der Waals surface area (Å²) in [7, 11) is 0. The highest BCUT2D eigenvalue weighted by Crippen LogP contribution is 2.39. The van der Waals surface area contributed by atoms with Crippen molar-refractivity contribution in [1.29, 1.82) is 0 Å². The van der Waals surface area contributed by atoms with Gasteiger partial charge < -0.3 is 14.5 Å². The molecule has 1 N–H and O–H groups in total. The number of benzene rings is 3. The van der Waals surface area contributed by atoms with Crippen LogP contribution in [0.5, 0.6) is 5.75 Å². The fraction of sp³-hybridized carbons (Fsp3) is 0.333. The zero-order chi connectivity index (χ0) is 32.6. The van der Waals surface area contributed by atoms with E-state index in [-0.39, 0.29) is 37.8 Å². The lowest BCUT2D eigenvalue weighted by Crippen LogP contribution is -2.52. The number of nitrogens with one attached hydrogen (secondary N) is 1. The Morgan fingerprint density at radius 1 is 1.00 bits per heavy atom. The van der Waals surface area contributed by atoms with E-state index in [1.54, 1.807) is 30.3 Å². The molecule has 0 bridgehead atoms. The molecule has 0 aliphatic carbocycles. The summed E-state index contributed by atoms with van der Waals surface area (Å²) < 4.78 is 61.3. The minimum atomic E-state index is -4.61. The van der Waals surface area contributed by atoms with Crippen molar-refractivity contribution in [3.63, 3.8) is 0 Å². The fourth-order valence-electron chi connectivity index (χ4n) is 6.12. The van der Waals surface area contributed by atoms with E-state index in [0.717, 1.165) is 11.6 Å². The first-order chi connectivity index (χ1) is 22.0. The van der Waals surface area contributed by atoms with Gasteiger partial charge in [0.25, 0.3) is 5.91 Å². The third kappa shape index (κ3) is 6.25. The minimum Gasteiger partial charge on any atom is -0.488 e. The molecule has 0 aromatic heterocycles. The van der Waals surface area contributed by atoms with Gasteiger partial charge in [0.15, 0.2) is 5.69 Å². The van der Waals surface area contributed by atoms with Crippen molar-refractivity contribution in [3.8, 4) is 5.75 Å². The van der Waals surface area contributed by atoms with Crippen LogP contribution in [-0.4, -0.2) is 59.7 Å². The highest BCUT2D eigenvalue weighted by molar-refractivity contribution is 6.05. The van der Waals surface area contributed by atoms with Crippen LogP contribution < -0.4 is 15.0 Å². The predicted molar refractivity (Wildman–Crippen MR) is 158 cm³/mol. The molecule has 238 valence electrons. The topological polar surface area (TPSA) is 86.6 Å². The van der Waals surface area contributed by atoms with Crippen molar-refractivity contribution < 1.29 is 36.7 Å². The summed E-state index contributed by atoms with van der Waals surface area (Å²) in [5.41, 5.74) is 1.10. The van der Waals surface area contributed by atoms with Crippen LogP contribution in [-0.2, 0) is 35.5 Å². The first kappa shape index (κ1) is 31.0. The van der Waals surface area contributed by atoms with Gasteiger partial charge in [-0.15, -0.1) is 0 Å². The van der Waals surface area contributed by atoms with Crippen molar-refractivity contribution in [2.24, 2.45) is 0 Å². The number of amides is 3. The van der Waals surface area contributed by atoms with E-state index in [9.17, 15) is 27.6 Å². The van der Waals surface area contributed by atoms with Crippen LogP contribution in [0.2, 0.25) is 0 Å². The van der Waals surface area contributed by atoms with E-state index in [1.807, 2.05) is 4.90 Å². The maximum Gasteiger partial charge on any atom is 0.407 e. The molecule has 0 spiro atoms. The molecule has 9 nitrogen and oxygen atoms in total. The van der Waals surface area contributed by atoms with E-state index in [0.29, 0.717) is 60.9 Å². The molecule has 6 rings (SSSR count). The number of carbonyl (C=O) groups excluding carboxylic acids is 3. The highest BCUT2D eigenvalue weighted by atomic mass is 19.4. The second kappa shape index (κ2) is 12.4. The Morgan fingerprint density at radius 2 is 1.78 bits per heavy atom. The SMILES string of the molecule is [C-]#[N+]c1ccc(N2CCN(Cc3ccc(COc4cccc5c4CN([C@H]4CCC(=O)NC4=O)C5=O)c(F)c3)CC2)cc1C(F)(F)F. The Morgan fingerprint density at radius 3 is 2.48 bits per heavy atom. The molecule has 13 heteroatoms. The molecule has 3 amide bonds. The van der Waals surface area contributed by atoms with E-state index < -0.39 is 35.2 Å². The number of carbonyl (C=O) groups is 3. The summed E-state index contributed by atoms with van der Waals surface area (Å²) in [4.78, 5) is 45.3. The molecule has 0 saturated carbocycles. The van der Waals surface area contributed by atoms with Gasteiger partial charge in [-0.1, -0.05) is 24.3 Å². The van der Waals surface area contributed by atoms with Crippen LogP contribution in [0.1, 0.15) is 45.5 Å². The van der Waals surface area contributed by atoms with Crippen LogP contribution in [0.25, 0.3) is 4.85 Å². The first-order valence-electron chi connectivity index (χ1n) is 14.7. The quantitative estimate of drug-likeness (QED) is 0.222. The second-order valence-corrected chi connectivity index (χ2v) is 11.5. The number of hydrogen-bond donors (Lipinski definition) is 1. The average Bonchev–Trinajstić information content (AvgIpc) is 3.36. The van der Waals surface area contributed by atoms with Gasteiger partial charge in [0.05, 0.1) is 18.7 Å². The standard InChI is InChI=1S/C33H29F4N5O4/c1-38-27-8-7-22(16-25(27)33(35,36)37)41-13-11-40(12-14-41)17-20-5-6-21(26(34)15-20)19-46-29-4-2-3-23-24(29)18-42(32(23)45)28-9-10-30(43)39-31(28)44/h2-8,15-16,28H,9-14,17-19H2,(H,39,43,44)/t28-/m0/s1. The number of imide groups is 1.